The van der Waals surface area contributed by atoms with Crippen molar-refractivity contribution in [2.45, 2.75) is 13.5 Å². The van der Waals surface area contributed by atoms with Gasteiger partial charge in [-0.1, -0.05) is 17.7 Å². The minimum atomic E-state index is -0.626. The molecule has 20 heavy (non-hydrogen) atoms. The lowest BCUT2D eigenvalue weighted by Crippen LogP contribution is -2.02. The van der Waals surface area contributed by atoms with Crippen LogP contribution in [0, 0.1) is 22.9 Å². The van der Waals surface area contributed by atoms with Crippen LogP contribution in [0.3, 0.4) is 0 Å². The van der Waals surface area contributed by atoms with Gasteiger partial charge in [-0.25, -0.2) is 4.39 Å². The lowest BCUT2D eigenvalue weighted by atomic mass is 10.1. The van der Waals surface area contributed by atoms with Crippen molar-refractivity contribution in [2.24, 2.45) is 0 Å². The number of aryl methyl sites for hydroxylation is 1. The zero-order valence-corrected chi connectivity index (χ0v) is 11.4. The van der Waals surface area contributed by atoms with Gasteiger partial charge in [-0.3, -0.25) is 10.1 Å². The van der Waals surface area contributed by atoms with Gasteiger partial charge in [0.15, 0.2) is 0 Å². The van der Waals surface area contributed by atoms with Crippen molar-refractivity contribution >= 4 is 23.0 Å². The molecular weight excluding hydrogens is 283 g/mol. The van der Waals surface area contributed by atoms with Gasteiger partial charge in [0.25, 0.3) is 5.69 Å². The zero-order chi connectivity index (χ0) is 14.7. The number of hydrogen-bond donors (Lipinski definition) is 1. The van der Waals surface area contributed by atoms with Gasteiger partial charge in [-0.05, 0) is 36.2 Å². The highest BCUT2D eigenvalue weighted by molar-refractivity contribution is 6.30. The molecule has 0 unspecified atom stereocenters. The number of nitrogens with zero attached hydrogens (tertiary/aromatic N) is 1. The van der Waals surface area contributed by atoms with Crippen molar-refractivity contribution in [3.05, 3.63) is 68.5 Å². The molecule has 0 radical (unpaired) electrons. The summed E-state index contributed by atoms with van der Waals surface area (Å²) in [5.74, 6) is -0.626. The van der Waals surface area contributed by atoms with Crippen molar-refractivity contribution in [1.29, 1.82) is 0 Å². The predicted octanol–water partition coefficient (Wildman–Crippen LogP) is 4.31. The number of hydrogen-bond acceptors (Lipinski definition) is 3. The second-order valence-corrected chi connectivity index (χ2v) is 4.82. The van der Waals surface area contributed by atoms with E-state index in [1.807, 2.05) is 13.0 Å². The van der Waals surface area contributed by atoms with E-state index in [0.717, 1.165) is 17.3 Å². The zero-order valence-electron chi connectivity index (χ0n) is 10.7. The molecule has 2 aromatic carbocycles. The van der Waals surface area contributed by atoms with E-state index in [1.165, 1.54) is 12.1 Å². The second-order valence-electron chi connectivity index (χ2n) is 4.39. The Bertz CT molecular complexity index is 662. The third kappa shape index (κ3) is 3.45. The first-order valence-electron chi connectivity index (χ1n) is 5.89. The van der Waals surface area contributed by atoms with Crippen molar-refractivity contribution in [3.63, 3.8) is 0 Å². The summed E-state index contributed by atoms with van der Waals surface area (Å²) in [6.07, 6.45) is 0. The number of nitrogens with one attached hydrogen (secondary N) is 1. The quantitative estimate of drug-likeness (QED) is 0.675. The molecular formula is C14H12ClFN2O2. The van der Waals surface area contributed by atoms with Gasteiger partial charge in [-0.2, -0.15) is 0 Å². The third-order valence-electron chi connectivity index (χ3n) is 2.84. The van der Waals surface area contributed by atoms with E-state index in [2.05, 4.69) is 5.32 Å². The summed E-state index contributed by atoms with van der Waals surface area (Å²) in [4.78, 5) is 10.1. The molecule has 0 saturated heterocycles. The average Bonchev–Trinajstić information content (AvgIpc) is 2.39. The van der Waals surface area contributed by atoms with E-state index in [0.29, 0.717) is 10.6 Å². The predicted molar refractivity (Wildman–Crippen MR) is 76.6 cm³/mol. The molecule has 1 N–H and O–H groups in total. The van der Waals surface area contributed by atoms with Crippen LogP contribution in [0.4, 0.5) is 15.8 Å². The Kier molecular flexibility index (Phi) is 4.20. The summed E-state index contributed by atoms with van der Waals surface area (Å²) >= 11 is 5.90. The summed E-state index contributed by atoms with van der Waals surface area (Å²) in [5, 5.41) is 14.4. The lowest BCUT2D eigenvalue weighted by Gasteiger charge is -2.10. The van der Waals surface area contributed by atoms with E-state index in [9.17, 15) is 14.5 Å². The van der Waals surface area contributed by atoms with Gasteiger partial charge in [-0.15, -0.1) is 0 Å². The number of nitro benzene ring substituents is 1. The number of non-ortho nitro benzene ring substituents is 1. The Morgan fingerprint density at radius 2 is 2.05 bits per heavy atom. The van der Waals surface area contributed by atoms with Gasteiger partial charge in [0, 0.05) is 23.3 Å². The van der Waals surface area contributed by atoms with E-state index < -0.39 is 10.7 Å². The Hall–Kier alpha value is -2.14. The molecule has 0 fully saturated rings. The molecule has 0 saturated carbocycles. The minimum Gasteiger partial charge on any atom is -0.381 e. The highest BCUT2D eigenvalue weighted by Crippen LogP contribution is 2.22. The largest absolute Gasteiger partial charge is 0.381 e. The van der Waals surface area contributed by atoms with E-state index in [4.69, 9.17) is 11.6 Å². The highest BCUT2D eigenvalue weighted by Gasteiger charge is 2.10. The second kappa shape index (κ2) is 5.88. The maximum atomic E-state index is 13.3. The number of anilines is 1. The number of benzene rings is 2. The van der Waals surface area contributed by atoms with E-state index >= 15 is 0 Å². The molecule has 0 amide bonds. The smallest absolute Gasteiger partial charge is 0.272 e. The highest BCUT2D eigenvalue weighted by atomic mass is 35.5. The van der Waals surface area contributed by atoms with Crippen molar-refractivity contribution in [2.75, 3.05) is 5.32 Å². The Labute approximate surface area is 120 Å². The minimum absolute atomic E-state index is 0.260. The van der Waals surface area contributed by atoms with Crippen molar-refractivity contribution < 1.29 is 9.31 Å². The van der Waals surface area contributed by atoms with Crippen LogP contribution < -0.4 is 5.32 Å². The monoisotopic (exact) mass is 294 g/mol. The first kappa shape index (κ1) is 14.3. The number of rotatable bonds is 4. The maximum Gasteiger partial charge on any atom is 0.272 e. The topological polar surface area (TPSA) is 55.2 Å². The van der Waals surface area contributed by atoms with Crippen LogP contribution in [0.15, 0.2) is 36.4 Å². The first-order chi connectivity index (χ1) is 9.45. The summed E-state index contributed by atoms with van der Waals surface area (Å²) in [7, 11) is 0. The molecule has 2 aromatic rings. The molecule has 0 spiro atoms. The molecule has 2 rings (SSSR count). The molecule has 0 heterocycles. The summed E-state index contributed by atoms with van der Waals surface area (Å²) in [6.45, 7) is 2.19. The van der Waals surface area contributed by atoms with Crippen molar-refractivity contribution in [1.82, 2.24) is 0 Å². The van der Waals surface area contributed by atoms with E-state index in [1.54, 1.807) is 12.1 Å². The number of halogens is 2. The van der Waals surface area contributed by atoms with Crippen LogP contribution >= 0.6 is 11.6 Å². The van der Waals surface area contributed by atoms with Crippen LogP contribution in [-0.4, -0.2) is 4.92 Å². The third-order valence-corrected chi connectivity index (χ3v) is 3.07. The Morgan fingerprint density at radius 1 is 1.30 bits per heavy atom. The lowest BCUT2D eigenvalue weighted by molar-refractivity contribution is -0.385. The molecule has 4 nitrogen and oxygen atoms in total. The molecule has 0 bridgehead atoms. The van der Waals surface area contributed by atoms with Crippen molar-refractivity contribution in [3.8, 4) is 0 Å². The summed E-state index contributed by atoms with van der Waals surface area (Å²) in [6, 6.07) is 8.89. The maximum absolute atomic E-state index is 13.3. The Balaban J connectivity index is 2.18. The average molecular weight is 295 g/mol. The van der Waals surface area contributed by atoms with Crippen LogP contribution in [0.25, 0.3) is 0 Å². The number of nitro groups is 1. The summed E-state index contributed by atoms with van der Waals surface area (Å²) in [5.41, 5.74) is 2.03. The van der Waals surface area contributed by atoms with Gasteiger partial charge in [0.2, 0.25) is 0 Å². The fraction of sp³-hybridized carbons (Fsp3) is 0.143. The van der Waals surface area contributed by atoms with Gasteiger partial charge >= 0.3 is 0 Å². The molecule has 104 valence electrons. The fourth-order valence-corrected chi connectivity index (χ4v) is 1.99. The fourth-order valence-electron chi connectivity index (χ4n) is 1.82. The van der Waals surface area contributed by atoms with Crippen LogP contribution in [-0.2, 0) is 6.54 Å². The van der Waals surface area contributed by atoms with Gasteiger partial charge < -0.3 is 5.32 Å². The van der Waals surface area contributed by atoms with E-state index in [-0.39, 0.29) is 12.2 Å². The SMILES string of the molecule is Cc1ccc(Cl)cc1NCc1cc(F)cc([N+](=O)[O-])c1. The first-order valence-corrected chi connectivity index (χ1v) is 6.27. The van der Waals surface area contributed by atoms with Gasteiger partial charge in [0.05, 0.1) is 11.0 Å². The molecule has 0 aromatic heterocycles. The molecule has 0 aliphatic rings. The Morgan fingerprint density at radius 3 is 2.75 bits per heavy atom. The normalized spacial score (nSPS) is 10.3. The molecule has 6 heteroatoms. The molecule has 0 aliphatic heterocycles. The van der Waals surface area contributed by atoms with Crippen LogP contribution in [0.1, 0.15) is 11.1 Å². The molecule has 0 atom stereocenters. The standard InChI is InChI=1S/C14H12ClFN2O2/c1-9-2-3-11(15)6-14(9)17-8-10-4-12(16)7-13(5-10)18(19)20/h2-7,17H,8H2,1H3. The molecule has 0 aliphatic carbocycles. The summed E-state index contributed by atoms with van der Waals surface area (Å²) < 4.78 is 13.3. The van der Waals surface area contributed by atoms with Crippen LogP contribution in [0.5, 0.6) is 0 Å². The van der Waals surface area contributed by atoms with Crippen LogP contribution in [0.2, 0.25) is 5.02 Å². The van der Waals surface area contributed by atoms with Gasteiger partial charge in [0.1, 0.15) is 5.82 Å².